The van der Waals surface area contributed by atoms with Crippen LogP contribution in [0.5, 0.6) is 5.75 Å². The average molecular weight is 429 g/mol. The van der Waals surface area contributed by atoms with Crippen molar-refractivity contribution in [2.24, 2.45) is 0 Å². The highest BCUT2D eigenvalue weighted by molar-refractivity contribution is 7.13. The van der Waals surface area contributed by atoms with Gasteiger partial charge in [-0.1, -0.05) is 0 Å². The molecule has 2 bridgehead atoms. The smallest absolute Gasteiger partial charge is 0.410 e. The van der Waals surface area contributed by atoms with Crippen molar-refractivity contribution in [3.05, 3.63) is 23.2 Å². The predicted octanol–water partition coefficient (Wildman–Crippen LogP) is 4.16. The maximum atomic E-state index is 12.5. The number of aromatic hydroxyl groups is 1. The van der Waals surface area contributed by atoms with Gasteiger partial charge in [0.2, 0.25) is 0 Å². The number of carbonyl (C=O) groups is 1. The fraction of sp³-hybridized carbons (Fsp3) is 0.476. The van der Waals surface area contributed by atoms with E-state index in [0.29, 0.717) is 30.2 Å². The van der Waals surface area contributed by atoms with Crippen molar-refractivity contribution in [3.8, 4) is 16.3 Å². The van der Waals surface area contributed by atoms with Crippen molar-refractivity contribution in [1.82, 2.24) is 14.9 Å². The lowest BCUT2D eigenvalue weighted by Crippen LogP contribution is -2.70. The van der Waals surface area contributed by atoms with Crippen LogP contribution in [0.2, 0.25) is 0 Å². The molecule has 3 aliphatic heterocycles. The summed E-state index contributed by atoms with van der Waals surface area (Å²) in [5.74, 6) is 0.0783. The van der Waals surface area contributed by atoms with Gasteiger partial charge < -0.3 is 19.2 Å². The molecule has 1 amide bonds. The zero-order valence-electron chi connectivity index (χ0n) is 17.4. The van der Waals surface area contributed by atoms with Crippen LogP contribution in [0, 0.1) is 6.92 Å². The molecule has 2 aromatic heterocycles. The molecule has 30 heavy (non-hydrogen) atoms. The Morgan fingerprint density at radius 3 is 2.63 bits per heavy atom. The summed E-state index contributed by atoms with van der Waals surface area (Å²) in [6.45, 7) is 8.81. The lowest BCUT2D eigenvalue weighted by molar-refractivity contribution is -0.0386. The maximum Gasteiger partial charge on any atom is 0.410 e. The number of ether oxygens (including phenoxy) is 1. The van der Waals surface area contributed by atoms with E-state index in [4.69, 9.17) is 9.15 Å². The molecule has 2 unspecified atom stereocenters. The summed E-state index contributed by atoms with van der Waals surface area (Å²) in [6, 6.07) is 4.03. The van der Waals surface area contributed by atoms with Crippen LogP contribution >= 0.6 is 11.3 Å². The normalized spacial score (nSPS) is 21.1. The van der Waals surface area contributed by atoms with Crippen molar-refractivity contribution in [2.75, 3.05) is 18.0 Å². The molecular formula is C21H24N4O4S. The van der Waals surface area contributed by atoms with Crippen molar-refractivity contribution in [2.45, 2.75) is 51.8 Å². The van der Waals surface area contributed by atoms with Crippen molar-refractivity contribution >= 4 is 34.5 Å². The van der Waals surface area contributed by atoms with Gasteiger partial charge in [0.05, 0.1) is 17.6 Å². The highest BCUT2D eigenvalue weighted by Gasteiger charge is 2.49. The summed E-state index contributed by atoms with van der Waals surface area (Å²) < 4.78 is 11.7. The fourth-order valence-corrected chi connectivity index (χ4v) is 4.96. The Bertz CT molecular complexity index is 1120. The van der Waals surface area contributed by atoms with Gasteiger partial charge >= 0.3 is 6.09 Å². The summed E-state index contributed by atoms with van der Waals surface area (Å²) >= 11 is 1.53. The van der Waals surface area contributed by atoms with E-state index >= 15 is 0 Å². The number of hydrogen-bond acceptors (Lipinski definition) is 8. The quantitative estimate of drug-likeness (QED) is 0.655. The minimum absolute atomic E-state index is 0.0725. The SMILES string of the molecule is Cc1csc(-c2ccc(O)c3nc(N4CC5CC(C4)N5C(=O)OC(C)(C)C)oc23)n1. The topological polar surface area (TPSA) is 91.9 Å². The van der Waals surface area contributed by atoms with Gasteiger partial charge in [-0.15, -0.1) is 11.3 Å². The minimum Gasteiger partial charge on any atom is -0.506 e. The van der Waals surface area contributed by atoms with Crippen LogP contribution in [0.15, 0.2) is 21.9 Å². The van der Waals surface area contributed by atoms with Crippen molar-refractivity contribution in [1.29, 1.82) is 0 Å². The molecule has 3 aliphatic rings. The first kappa shape index (κ1) is 19.2. The number of aromatic nitrogens is 2. The Labute approximate surface area is 178 Å². The Balaban J connectivity index is 1.41. The lowest BCUT2D eigenvalue weighted by atomic mass is 9.88. The van der Waals surface area contributed by atoms with E-state index in [1.165, 1.54) is 11.3 Å². The van der Waals surface area contributed by atoms with Crippen LogP contribution in [0.25, 0.3) is 21.7 Å². The van der Waals surface area contributed by atoms with Crippen LogP contribution in [-0.2, 0) is 4.74 Å². The number of fused-ring (bicyclic) bond motifs is 3. The summed E-state index contributed by atoms with van der Waals surface area (Å²) in [6.07, 6.45) is 0.685. The molecule has 0 radical (unpaired) electrons. The van der Waals surface area contributed by atoms with Crippen LogP contribution in [0.3, 0.4) is 0 Å². The first-order valence-corrected chi connectivity index (χ1v) is 10.9. The molecule has 158 valence electrons. The number of oxazole rings is 1. The number of anilines is 1. The number of amides is 1. The van der Waals surface area contributed by atoms with Crippen LogP contribution in [-0.4, -0.2) is 56.8 Å². The molecule has 0 aliphatic carbocycles. The van der Waals surface area contributed by atoms with Gasteiger partial charge in [-0.25, -0.2) is 9.78 Å². The Hall–Kier alpha value is -2.81. The summed E-state index contributed by atoms with van der Waals surface area (Å²) in [4.78, 5) is 25.5. The number of thiazole rings is 1. The van der Waals surface area contributed by atoms with Gasteiger partial charge in [0, 0.05) is 24.2 Å². The molecule has 9 heteroatoms. The summed E-state index contributed by atoms with van der Waals surface area (Å²) in [5, 5.41) is 13.1. The minimum atomic E-state index is -0.511. The number of hydrogen-bond donors (Lipinski definition) is 1. The van der Waals surface area contributed by atoms with Crippen LogP contribution in [0.4, 0.5) is 10.8 Å². The lowest BCUT2D eigenvalue weighted by Gasteiger charge is -2.55. The van der Waals surface area contributed by atoms with Gasteiger partial charge in [-0.3, -0.25) is 4.90 Å². The fourth-order valence-electron chi connectivity index (χ4n) is 4.14. The largest absolute Gasteiger partial charge is 0.506 e. The maximum absolute atomic E-state index is 12.5. The second-order valence-corrected chi connectivity index (χ2v) is 9.79. The number of piperazine rings is 1. The van der Waals surface area contributed by atoms with Crippen molar-refractivity contribution < 1.29 is 19.1 Å². The van der Waals surface area contributed by atoms with Gasteiger partial charge in [-0.05, 0) is 46.2 Å². The molecule has 0 spiro atoms. The van der Waals surface area contributed by atoms with Gasteiger partial charge in [0.25, 0.3) is 6.01 Å². The van der Waals surface area contributed by atoms with Crippen molar-refractivity contribution in [3.63, 3.8) is 0 Å². The molecule has 0 saturated carbocycles. The number of phenolic OH excluding ortho intramolecular Hbond substituents is 1. The Morgan fingerprint density at radius 2 is 2.00 bits per heavy atom. The monoisotopic (exact) mass is 428 g/mol. The molecular weight excluding hydrogens is 404 g/mol. The van der Waals surface area contributed by atoms with Gasteiger partial charge in [0.15, 0.2) is 11.1 Å². The number of nitrogens with zero attached hydrogens (tertiary/aromatic N) is 4. The third kappa shape index (κ3) is 3.17. The van der Waals surface area contributed by atoms with Gasteiger partial charge in [-0.2, -0.15) is 4.98 Å². The van der Waals surface area contributed by atoms with E-state index in [-0.39, 0.29) is 23.9 Å². The summed E-state index contributed by atoms with van der Waals surface area (Å²) in [7, 11) is 0. The Morgan fingerprint density at radius 1 is 1.27 bits per heavy atom. The predicted molar refractivity (Wildman–Crippen MR) is 114 cm³/mol. The van der Waals surface area contributed by atoms with E-state index in [0.717, 1.165) is 22.7 Å². The molecule has 1 aromatic carbocycles. The molecule has 3 aromatic rings. The zero-order chi connectivity index (χ0) is 21.2. The molecule has 3 fully saturated rings. The second-order valence-electron chi connectivity index (χ2n) is 8.94. The van der Waals surface area contributed by atoms with E-state index < -0.39 is 5.60 Å². The zero-order valence-corrected chi connectivity index (χ0v) is 18.2. The number of rotatable bonds is 2. The molecule has 3 saturated heterocycles. The van der Waals surface area contributed by atoms with E-state index in [9.17, 15) is 9.90 Å². The molecule has 5 heterocycles. The first-order valence-electron chi connectivity index (χ1n) is 10.0. The Kier molecular flexibility index (Phi) is 4.22. The number of benzene rings is 1. The van der Waals surface area contributed by atoms with E-state index in [1.54, 1.807) is 6.07 Å². The second kappa shape index (κ2) is 6.60. The number of aryl methyl sites for hydroxylation is 1. The molecule has 8 nitrogen and oxygen atoms in total. The third-order valence-electron chi connectivity index (χ3n) is 5.43. The molecule has 1 N–H and O–H groups in total. The number of piperidine rings is 1. The van der Waals surface area contributed by atoms with Gasteiger partial charge in [0.1, 0.15) is 16.4 Å². The highest BCUT2D eigenvalue weighted by Crippen LogP contribution is 2.40. The average Bonchev–Trinajstić information content (AvgIpc) is 3.28. The van der Waals surface area contributed by atoms with E-state index in [1.807, 2.05) is 48.9 Å². The standard InChI is InChI=1S/C21H24N4O4S/c1-11-10-30-18(22-11)14-5-6-15(26)16-17(14)28-19(23-16)24-8-12-7-13(9-24)25(12)20(27)29-21(2,3)4/h5-6,10,12-13,26H,7-9H2,1-4H3. The molecule has 2 atom stereocenters. The molecule has 6 rings (SSSR count). The number of phenols is 1. The first-order chi connectivity index (χ1) is 14.2. The van der Waals surface area contributed by atoms with Crippen LogP contribution < -0.4 is 4.90 Å². The van der Waals surface area contributed by atoms with Crippen LogP contribution in [0.1, 0.15) is 32.9 Å². The number of carbonyl (C=O) groups excluding carboxylic acids is 1. The third-order valence-corrected chi connectivity index (χ3v) is 6.42. The highest BCUT2D eigenvalue weighted by atomic mass is 32.1. The van der Waals surface area contributed by atoms with E-state index in [2.05, 4.69) is 9.97 Å². The summed E-state index contributed by atoms with van der Waals surface area (Å²) in [5.41, 5.74) is 2.20.